The van der Waals surface area contributed by atoms with E-state index in [2.05, 4.69) is 27.4 Å². The number of rotatable bonds is 4. The molecule has 3 aromatic rings. The number of guanidine groups is 2. The number of ether oxygens (including phenoxy) is 1. The fourth-order valence-electron chi connectivity index (χ4n) is 3.07. The lowest BCUT2D eigenvalue weighted by molar-refractivity contribution is 0.306. The summed E-state index contributed by atoms with van der Waals surface area (Å²) in [6.45, 7) is 0.492. The molecule has 7 heteroatoms. The molecule has 0 aliphatic carbocycles. The van der Waals surface area contributed by atoms with Crippen LogP contribution in [0.4, 0.5) is 0 Å². The molecule has 0 aromatic heterocycles. The van der Waals surface area contributed by atoms with Crippen molar-refractivity contribution >= 4 is 34.3 Å². The molecule has 0 amide bonds. The molecule has 148 valence electrons. The zero-order valence-corrected chi connectivity index (χ0v) is 17.0. The summed E-state index contributed by atoms with van der Waals surface area (Å²) in [6, 6.07) is 19.9. The Morgan fingerprint density at radius 2 is 1.72 bits per heavy atom. The van der Waals surface area contributed by atoms with E-state index in [1.165, 1.54) is 0 Å². The van der Waals surface area contributed by atoms with E-state index in [9.17, 15) is 0 Å². The minimum absolute atomic E-state index is 0.361. The Labute approximate surface area is 174 Å². The highest BCUT2D eigenvalue weighted by molar-refractivity contribution is 6.30. The number of halogens is 1. The quantitative estimate of drug-likeness (QED) is 0.687. The van der Waals surface area contributed by atoms with Crippen LogP contribution in [0.15, 0.2) is 70.6 Å². The second kappa shape index (κ2) is 8.01. The minimum atomic E-state index is -0.362. The van der Waals surface area contributed by atoms with Crippen LogP contribution >= 0.6 is 11.6 Å². The number of hydrogen-bond acceptors (Lipinski definition) is 6. The predicted molar refractivity (Wildman–Crippen MR) is 118 cm³/mol. The lowest BCUT2D eigenvalue weighted by Gasteiger charge is -2.23. The van der Waals surface area contributed by atoms with E-state index in [-0.39, 0.29) is 6.17 Å². The van der Waals surface area contributed by atoms with E-state index in [4.69, 9.17) is 22.1 Å². The van der Waals surface area contributed by atoms with Crippen molar-refractivity contribution in [1.82, 2.24) is 10.2 Å². The lowest BCUT2D eigenvalue weighted by atomic mass is 10.1. The minimum Gasteiger partial charge on any atom is -0.489 e. The molecule has 6 nitrogen and oxygen atoms in total. The maximum atomic E-state index is 5.92. The Morgan fingerprint density at radius 1 is 1.00 bits per heavy atom. The first-order chi connectivity index (χ1) is 14.0. The van der Waals surface area contributed by atoms with Gasteiger partial charge in [-0.05, 0) is 52.2 Å². The van der Waals surface area contributed by atoms with Crippen molar-refractivity contribution in [3.05, 3.63) is 76.8 Å². The van der Waals surface area contributed by atoms with Gasteiger partial charge in [0.05, 0.1) is 0 Å². The largest absolute Gasteiger partial charge is 0.489 e. The average Bonchev–Trinajstić information content (AvgIpc) is 2.72. The van der Waals surface area contributed by atoms with Crippen molar-refractivity contribution in [2.75, 3.05) is 14.1 Å². The zero-order chi connectivity index (χ0) is 20.4. The molecule has 0 spiro atoms. The zero-order valence-electron chi connectivity index (χ0n) is 16.3. The third kappa shape index (κ3) is 4.43. The highest BCUT2D eigenvalue weighted by Gasteiger charge is 2.18. The number of aliphatic imine (C=N–C) groups is 2. The first-order valence-corrected chi connectivity index (χ1v) is 9.62. The average molecular weight is 408 g/mol. The van der Waals surface area contributed by atoms with Gasteiger partial charge in [0.15, 0.2) is 12.1 Å². The molecule has 0 saturated heterocycles. The molecule has 1 atom stereocenters. The molecular formula is C22H22ClN5O. The monoisotopic (exact) mass is 407 g/mol. The summed E-state index contributed by atoms with van der Waals surface area (Å²) < 4.78 is 5.92. The second-order valence-corrected chi connectivity index (χ2v) is 7.48. The third-order valence-corrected chi connectivity index (χ3v) is 4.87. The Kier molecular flexibility index (Phi) is 5.27. The van der Waals surface area contributed by atoms with Gasteiger partial charge >= 0.3 is 0 Å². The standard InChI is InChI=1S/C22H22ClN5O/c1-28(2)22-26-20(25-21(24)27-22)17-6-5-16-12-19(10-7-15(16)11-17)29-13-14-3-8-18(23)9-4-14/h3-12,20H,13H2,1-2H3,(H3,24,25,26,27). The van der Waals surface area contributed by atoms with Crippen LogP contribution < -0.4 is 15.8 Å². The molecule has 0 bridgehead atoms. The highest BCUT2D eigenvalue weighted by atomic mass is 35.5. The van der Waals surface area contributed by atoms with Gasteiger partial charge in [-0.3, -0.25) is 5.32 Å². The molecule has 1 aliphatic rings. The van der Waals surface area contributed by atoms with Crippen LogP contribution in [0.3, 0.4) is 0 Å². The van der Waals surface area contributed by atoms with Crippen molar-refractivity contribution in [3.63, 3.8) is 0 Å². The van der Waals surface area contributed by atoms with Gasteiger partial charge in [-0.1, -0.05) is 41.9 Å². The number of benzene rings is 3. The summed E-state index contributed by atoms with van der Waals surface area (Å²) >= 11 is 5.92. The maximum Gasteiger partial charge on any atom is 0.202 e. The van der Waals surface area contributed by atoms with Gasteiger partial charge in [-0.2, -0.15) is 0 Å². The van der Waals surface area contributed by atoms with Crippen molar-refractivity contribution in [3.8, 4) is 5.75 Å². The summed E-state index contributed by atoms with van der Waals surface area (Å²) in [4.78, 5) is 10.9. The smallest absolute Gasteiger partial charge is 0.202 e. The molecule has 0 saturated carbocycles. The summed E-state index contributed by atoms with van der Waals surface area (Å²) in [5.74, 6) is 1.87. The van der Waals surface area contributed by atoms with Gasteiger partial charge in [-0.25, -0.2) is 9.98 Å². The molecular weight excluding hydrogens is 386 g/mol. The Balaban J connectivity index is 1.54. The Bertz CT molecular complexity index is 1090. The topological polar surface area (TPSA) is 75.2 Å². The van der Waals surface area contributed by atoms with Crippen molar-refractivity contribution in [2.24, 2.45) is 15.7 Å². The van der Waals surface area contributed by atoms with Crippen molar-refractivity contribution in [1.29, 1.82) is 0 Å². The number of fused-ring (bicyclic) bond motifs is 1. The Hall–Kier alpha value is -3.25. The molecule has 4 rings (SSSR count). The molecule has 1 unspecified atom stereocenters. The molecule has 1 aliphatic heterocycles. The fraction of sp³-hybridized carbons (Fsp3) is 0.182. The SMILES string of the molecule is CN(C)C1=NC(c2ccc3cc(OCc4ccc(Cl)cc4)ccc3c2)N=C(N)N1. The number of nitrogens with zero attached hydrogens (tertiary/aromatic N) is 3. The van der Waals surface area contributed by atoms with E-state index in [1.54, 1.807) is 0 Å². The van der Waals surface area contributed by atoms with Gasteiger partial charge in [0.1, 0.15) is 12.4 Å². The summed E-state index contributed by atoms with van der Waals surface area (Å²) in [5.41, 5.74) is 7.97. The van der Waals surface area contributed by atoms with Gasteiger partial charge in [-0.15, -0.1) is 0 Å². The first kappa shape index (κ1) is 19.1. The summed E-state index contributed by atoms with van der Waals surface area (Å²) in [5, 5.41) is 5.87. The van der Waals surface area contributed by atoms with Crippen molar-refractivity contribution < 1.29 is 4.74 Å². The molecule has 29 heavy (non-hydrogen) atoms. The number of nitrogens with two attached hydrogens (primary N) is 1. The second-order valence-electron chi connectivity index (χ2n) is 7.04. The van der Waals surface area contributed by atoms with Gasteiger partial charge in [0.25, 0.3) is 0 Å². The van der Waals surface area contributed by atoms with Crippen LogP contribution in [0, 0.1) is 0 Å². The molecule has 3 aromatic carbocycles. The van der Waals surface area contributed by atoms with Crippen LogP contribution in [-0.2, 0) is 6.61 Å². The van der Waals surface area contributed by atoms with Crippen LogP contribution in [0.5, 0.6) is 5.75 Å². The van der Waals surface area contributed by atoms with E-state index in [1.807, 2.05) is 67.5 Å². The van der Waals surface area contributed by atoms with E-state index < -0.39 is 0 Å². The predicted octanol–water partition coefficient (Wildman–Crippen LogP) is 3.91. The maximum absolute atomic E-state index is 5.92. The van der Waals surface area contributed by atoms with Crippen LogP contribution in [0.25, 0.3) is 10.8 Å². The van der Waals surface area contributed by atoms with Crippen LogP contribution in [-0.4, -0.2) is 30.9 Å². The molecule has 0 radical (unpaired) electrons. The fourth-order valence-corrected chi connectivity index (χ4v) is 3.20. The molecule has 1 heterocycles. The number of hydrogen-bond donors (Lipinski definition) is 2. The van der Waals surface area contributed by atoms with Crippen LogP contribution in [0.1, 0.15) is 17.3 Å². The van der Waals surface area contributed by atoms with Crippen LogP contribution in [0.2, 0.25) is 5.02 Å². The van der Waals surface area contributed by atoms with Crippen molar-refractivity contribution in [2.45, 2.75) is 12.8 Å². The van der Waals surface area contributed by atoms with Gasteiger partial charge in [0, 0.05) is 19.1 Å². The number of nitrogens with one attached hydrogen (secondary N) is 1. The van der Waals surface area contributed by atoms with E-state index in [0.717, 1.165) is 32.7 Å². The van der Waals surface area contributed by atoms with Gasteiger partial charge < -0.3 is 15.4 Å². The summed E-state index contributed by atoms with van der Waals surface area (Å²) in [6.07, 6.45) is -0.362. The Morgan fingerprint density at radius 3 is 2.48 bits per heavy atom. The lowest BCUT2D eigenvalue weighted by Crippen LogP contribution is -2.46. The van der Waals surface area contributed by atoms with Gasteiger partial charge in [0.2, 0.25) is 5.96 Å². The third-order valence-electron chi connectivity index (χ3n) is 4.62. The molecule has 3 N–H and O–H groups in total. The van der Waals surface area contributed by atoms with E-state index in [0.29, 0.717) is 18.5 Å². The molecule has 0 fully saturated rings. The normalized spacial score (nSPS) is 16.0. The summed E-state index contributed by atoms with van der Waals surface area (Å²) in [7, 11) is 3.82. The van der Waals surface area contributed by atoms with E-state index >= 15 is 0 Å². The first-order valence-electron chi connectivity index (χ1n) is 9.24. The highest BCUT2D eigenvalue weighted by Crippen LogP contribution is 2.28.